The Morgan fingerprint density at radius 3 is 1.33 bits per heavy atom. The predicted molar refractivity (Wildman–Crippen MR) is 57.8 cm³/mol. The second-order valence-corrected chi connectivity index (χ2v) is 4.44. The lowest BCUT2D eigenvalue weighted by Crippen LogP contribution is -2.52. The highest BCUT2D eigenvalue weighted by Gasteiger charge is 2.24. The van der Waals surface area contributed by atoms with Crippen LogP contribution in [0.1, 0.15) is 34.6 Å². The van der Waals surface area contributed by atoms with Gasteiger partial charge in [-0.05, 0) is 34.6 Å². The van der Waals surface area contributed by atoms with Gasteiger partial charge in [-0.3, -0.25) is 0 Å². The summed E-state index contributed by atoms with van der Waals surface area (Å²) in [7, 11) is -5.42. The van der Waals surface area contributed by atoms with E-state index >= 15 is 0 Å². The molecule has 0 spiro atoms. The van der Waals surface area contributed by atoms with Crippen LogP contribution in [-0.2, 0) is 10.5 Å². The highest BCUT2D eigenvalue weighted by Crippen LogP contribution is 2.11. The summed E-state index contributed by atoms with van der Waals surface area (Å²) in [6.07, 6.45) is 0. The van der Waals surface area contributed by atoms with E-state index in [1.807, 2.05) is 0 Å². The molecule has 0 rings (SSSR count). The first-order chi connectivity index (χ1) is 6.63. The van der Waals surface area contributed by atoms with E-state index in [-0.39, 0.29) is 0 Å². The number of nitrogens with zero attached hydrogens (tertiary/aromatic N) is 1. The summed E-state index contributed by atoms with van der Waals surface area (Å²) in [5.41, 5.74) is 0. The van der Waals surface area contributed by atoms with Gasteiger partial charge in [0, 0.05) is 0 Å². The van der Waals surface area contributed by atoms with Crippen molar-refractivity contribution in [2.24, 2.45) is 0 Å². The van der Waals surface area contributed by atoms with E-state index in [4.69, 9.17) is 13.0 Å². The van der Waals surface area contributed by atoms with Crippen molar-refractivity contribution in [3.05, 3.63) is 0 Å². The largest absolute Gasteiger partial charge is 0.722 e. The van der Waals surface area contributed by atoms with Gasteiger partial charge in [0.2, 0.25) is 0 Å². The summed E-state index contributed by atoms with van der Waals surface area (Å²) in [6.45, 7) is 15.3. The van der Waals surface area contributed by atoms with Crippen LogP contribution in [0.2, 0.25) is 0 Å². The lowest BCUT2D eigenvalue weighted by Gasteiger charge is -2.39. The molecule has 0 aromatic carbocycles. The third-order valence-corrected chi connectivity index (χ3v) is 2.98. The van der Waals surface area contributed by atoms with Crippen LogP contribution in [0.3, 0.4) is 0 Å². The molecule has 0 aliphatic heterocycles. The van der Waals surface area contributed by atoms with Crippen LogP contribution in [-0.4, -0.2) is 43.1 Å². The highest BCUT2D eigenvalue weighted by atomic mass is 32.3. The quantitative estimate of drug-likeness (QED) is 0.429. The van der Waals surface area contributed by atoms with Gasteiger partial charge in [-0.2, -0.15) is 0 Å². The van der Waals surface area contributed by atoms with Gasteiger partial charge in [0.15, 0.2) is 0 Å². The van der Waals surface area contributed by atoms with Crippen molar-refractivity contribution in [1.29, 1.82) is 0 Å². The summed E-state index contributed by atoms with van der Waals surface area (Å²) in [5, 5.41) is 0. The highest BCUT2D eigenvalue weighted by molar-refractivity contribution is 7.80. The van der Waals surface area contributed by atoms with Crippen LogP contribution >= 0.6 is 0 Å². The van der Waals surface area contributed by atoms with Gasteiger partial charge in [0.25, 0.3) is 10.5 Å². The van der Waals surface area contributed by atoms with Crippen molar-refractivity contribution in [3.63, 3.8) is 0 Å². The van der Waals surface area contributed by atoms with Gasteiger partial charge >= 0.3 is 0 Å². The summed E-state index contributed by atoms with van der Waals surface area (Å²) < 4.78 is 36.6. The first-order valence-corrected chi connectivity index (χ1v) is 6.45. The standard InChI is InChI=1S/C9H22N.FHO3S/c1-6-10(7-2,8-3)9(4)5;1-5(2,3)4/h9H,6-8H2,1-5H3;(H,2,3,4)/q+1;/p-1. The second kappa shape index (κ2) is 7.14. The van der Waals surface area contributed by atoms with E-state index < -0.39 is 10.5 Å². The monoisotopic (exact) mass is 243 g/mol. The molecule has 0 bridgehead atoms. The maximum atomic E-state index is 10.1. The first kappa shape index (κ1) is 17.2. The summed E-state index contributed by atoms with van der Waals surface area (Å²) >= 11 is 0. The molecule has 0 aromatic heterocycles. The molecule has 0 radical (unpaired) electrons. The fourth-order valence-corrected chi connectivity index (χ4v) is 1.77. The van der Waals surface area contributed by atoms with Gasteiger partial charge < -0.3 is 9.04 Å². The maximum absolute atomic E-state index is 10.1. The molecule has 0 aliphatic rings. The Morgan fingerprint density at radius 1 is 1.13 bits per heavy atom. The number of hydrogen-bond donors (Lipinski definition) is 0. The minimum Gasteiger partial charge on any atom is -0.722 e. The van der Waals surface area contributed by atoms with Gasteiger partial charge in [-0.15, -0.1) is 3.89 Å². The first-order valence-electron chi connectivity index (χ1n) is 5.14. The smallest absolute Gasteiger partial charge is 0.255 e. The molecule has 94 valence electrons. The molecule has 0 aromatic rings. The average Bonchev–Trinajstić information content (AvgIpc) is 2.05. The molecule has 0 fully saturated rings. The lowest BCUT2D eigenvalue weighted by atomic mass is 10.2. The Balaban J connectivity index is 0. The molecule has 0 saturated carbocycles. The van der Waals surface area contributed by atoms with Crippen LogP contribution in [0.15, 0.2) is 0 Å². The zero-order valence-corrected chi connectivity index (χ0v) is 11.0. The van der Waals surface area contributed by atoms with Crippen molar-refractivity contribution < 1.29 is 21.3 Å². The van der Waals surface area contributed by atoms with Crippen molar-refractivity contribution in [1.82, 2.24) is 0 Å². The van der Waals surface area contributed by atoms with E-state index in [0.29, 0.717) is 0 Å². The summed E-state index contributed by atoms with van der Waals surface area (Å²) in [4.78, 5) is 0. The lowest BCUT2D eigenvalue weighted by molar-refractivity contribution is -0.943. The van der Waals surface area contributed by atoms with Crippen LogP contribution < -0.4 is 0 Å². The zero-order valence-electron chi connectivity index (χ0n) is 10.2. The molecule has 0 aliphatic carbocycles. The molecular formula is C9H22FNO3S. The molecule has 15 heavy (non-hydrogen) atoms. The molecule has 0 heterocycles. The number of quaternary nitrogens is 1. The molecule has 0 atom stereocenters. The van der Waals surface area contributed by atoms with Gasteiger partial charge in [0.1, 0.15) is 0 Å². The Morgan fingerprint density at radius 2 is 1.33 bits per heavy atom. The Bertz CT molecular complexity index is 232. The second-order valence-electron chi connectivity index (χ2n) is 3.65. The van der Waals surface area contributed by atoms with Crippen LogP contribution in [0.25, 0.3) is 0 Å². The minimum atomic E-state index is -5.42. The number of rotatable bonds is 4. The predicted octanol–water partition coefficient (Wildman–Crippen LogP) is 1.69. The van der Waals surface area contributed by atoms with E-state index in [1.165, 1.54) is 24.1 Å². The van der Waals surface area contributed by atoms with Crippen LogP contribution in [0, 0.1) is 0 Å². The van der Waals surface area contributed by atoms with E-state index in [1.54, 1.807) is 0 Å². The van der Waals surface area contributed by atoms with Gasteiger partial charge in [-0.25, -0.2) is 8.42 Å². The third-order valence-electron chi connectivity index (χ3n) is 2.98. The minimum absolute atomic E-state index is 0.778. The summed E-state index contributed by atoms with van der Waals surface area (Å²) in [6, 6.07) is 0.778. The van der Waals surface area contributed by atoms with E-state index in [0.717, 1.165) is 6.04 Å². The molecule has 0 amide bonds. The van der Waals surface area contributed by atoms with Crippen molar-refractivity contribution in [3.8, 4) is 0 Å². The average molecular weight is 243 g/mol. The third kappa shape index (κ3) is 8.77. The molecule has 0 N–H and O–H groups in total. The van der Waals surface area contributed by atoms with Gasteiger partial charge in [-0.1, -0.05) is 0 Å². The topological polar surface area (TPSA) is 57.2 Å². The van der Waals surface area contributed by atoms with Crippen molar-refractivity contribution >= 4 is 10.5 Å². The molecular weight excluding hydrogens is 221 g/mol. The summed E-state index contributed by atoms with van der Waals surface area (Å²) in [5.74, 6) is 0. The van der Waals surface area contributed by atoms with E-state index in [9.17, 15) is 3.89 Å². The maximum Gasteiger partial charge on any atom is 0.255 e. The number of halogens is 1. The Kier molecular flexibility index (Phi) is 8.18. The van der Waals surface area contributed by atoms with Crippen LogP contribution in [0.4, 0.5) is 3.89 Å². The number of hydrogen-bond acceptors (Lipinski definition) is 3. The zero-order chi connectivity index (χ0) is 12.7. The van der Waals surface area contributed by atoms with Crippen LogP contribution in [0.5, 0.6) is 0 Å². The van der Waals surface area contributed by atoms with Crippen molar-refractivity contribution in [2.75, 3.05) is 19.6 Å². The molecule has 6 heteroatoms. The normalized spacial score (nSPS) is 12.3. The van der Waals surface area contributed by atoms with Crippen molar-refractivity contribution in [2.45, 2.75) is 40.7 Å². The molecule has 0 saturated heterocycles. The fraction of sp³-hybridized carbons (Fsp3) is 1.00. The SMILES string of the molecule is CC[N+](CC)(CC)C(C)C.O=S(=O)([O-])F. The van der Waals surface area contributed by atoms with E-state index in [2.05, 4.69) is 34.6 Å². The van der Waals surface area contributed by atoms with Gasteiger partial charge in [0.05, 0.1) is 25.7 Å². The fourth-order valence-electron chi connectivity index (χ4n) is 1.77. The Labute approximate surface area is 92.7 Å². The Hall–Kier alpha value is -0.200. The molecule has 0 unspecified atom stereocenters. The molecule has 4 nitrogen and oxygen atoms in total.